The molecule has 3 nitrogen and oxygen atoms in total. The molecule has 3 heteroatoms. The van der Waals surface area contributed by atoms with Crippen LogP contribution in [0.25, 0.3) is 0 Å². The zero-order valence-corrected chi connectivity index (χ0v) is 34.5. The van der Waals surface area contributed by atoms with Gasteiger partial charge in [-0.05, 0) is 126 Å². The quantitative estimate of drug-likeness (QED) is 0.0398. The zero-order chi connectivity index (χ0) is 36.8. The molecule has 1 aromatic rings. The number of unbranched alkanes of at least 4 members (excludes halogenated alkanes) is 8. The van der Waals surface area contributed by atoms with Crippen molar-refractivity contribution >= 4 is 5.97 Å². The van der Waals surface area contributed by atoms with E-state index < -0.39 is 0 Å². The van der Waals surface area contributed by atoms with Crippen LogP contribution in [0.15, 0.2) is 24.3 Å². The van der Waals surface area contributed by atoms with E-state index in [1.165, 1.54) is 102 Å². The minimum Gasteiger partial charge on any atom is -0.487 e. The molecule has 0 aromatic heterocycles. The Hall–Kier alpha value is -2.03. The molecule has 0 saturated carbocycles. The summed E-state index contributed by atoms with van der Waals surface area (Å²) >= 11 is 0. The van der Waals surface area contributed by atoms with Gasteiger partial charge in [0.05, 0.1) is 0 Å². The van der Waals surface area contributed by atoms with Crippen LogP contribution in [0.3, 0.4) is 0 Å². The summed E-state index contributed by atoms with van der Waals surface area (Å²) < 4.78 is 12.9. The van der Waals surface area contributed by atoms with E-state index in [2.05, 4.69) is 86.6 Å². The van der Waals surface area contributed by atoms with Gasteiger partial charge in [0.1, 0.15) is 17.1 Å². The first-order valence-electron chi connectivity index (χ1n) is 21.3. The number of carbonyl (C=O) groups is 1. The maximum absolute atomic E-state index is 12.9. The van der Waals surface area contributed by atoms with Gasteiger partial charge in [-0.2, -0.15) is 0 Å². The highest BCUT2D eigenvalue weighted by atomic mass is 16.5. The van der Waals surface area contributed by atoms with Gasteiger partial charge in [-0.3, -0.25) is 4.79 Å². The van der Waals surface area contributed by atoms with Crippen LogP contribution in [0.2, 0.25) is 0 Å². The van der Waals surface area contributed by atoms with Crippen molar-refractivity contribution in [1.29, 1.82) is 0 Å². The smallest absolute Gasteiger partial charge is 0.311 e. The largest absolute Gasteiger partial charge is 0.487 e. The third-order valence-corrected chi connectivity index (χ3v) is 11.4. The lowest BCUT2D eigenvalue weighted by molar-refractivity contribution is -0.134. The minimum atomic E-state index is -0.124. The summed E-state index contributed by atoms with van der Waals surface area (Å²) in [5, 5.41) is 0. The summed E-state index contributed by atoms with van der Waals surface area (Å²) in [4.78, 5) is 12.9. The van der Waals surface area contributed by atoms with Crippen LogP contribution in [0, 0.1) is 38.5 Å². The van der Waals surface area contributed by atoms with Crippen LogP contribution in [-0.4, -0.2) is 11.6 Å². The molecule has 1 aliphatic rings. The van der Waals surface area contributed by atoms with E-state index in [1.54, 1.807) is 0 Å². The van der Waals surface area contributed by atoms with Gasteiger partial charge < -0.3 is 9.47 Å². The summed E-state index contributed by atoms with van der Waals surface area (Å²) in [5.74, 6) is 4.19. The standard InChI is InChI=1S/C47H80O3/c1-10-11-12-13-14-15-16-17-18-19-20-21-22-23-24-33-44(48)49-45-40(6)41(7)46-43(42(45)8)34-36-47(9,50-46)35-27-32-39(5)31-26-30-38(4)29-25-28-37(2)3/h14-15,17-18,37-39H,10-13,16,19-36H2,1-9H3/b15-14+,18-17+. The number of benzene rings is 1. The Bertz CT molecular complexity index is 1140. The zero-order valence-electron chi connectivity index (χ0n) is 34.5. The molecule has 3 unspecified atom stereocenters. The van der Waals surface area contributed by atoms with E-state index in [0.717, 1.165) is 90.9 Å². The first-order chi connectivity index (χ1) is 24.0. The molecule has 286 valence electrons. The minimum absolute atomic E-state index is 0.0995. The fourth-order valence-corrected chi connectivity index (χ4v) is 7.66. The molecule has 1 aliphatic heterocycles. The molecule has 1 heterocycles. The molecule has 0 saturated heterocycles. The van der Waals surface area contributed by atoms with E-state index in [1.807, 2.05) is 0 Å². The van der Waals surface area contributed by atoms with Crippen LogP contribution in [0.1, 0.15) is 205 Å². The lowest BCUT2D eigenvalue weighted by Gasteiger charge is -2.38. The molecule has 0 fully saturated rings. The van der Waals surface area contributed by atoms with Crippen LogP contribution < -0.4 is 9.47 Å². The van der Waals surface area contributed by atoms with Crippen LogP contribution in [-0.2, 0) is 11.2 Å². The number of esters is 1. The molecule has 1 aromatic carbocycles. The molecule has 0 N–H and O–H groups in total. The first kappa shape index (κ1) is 44.1. The molecule has 0 radical (unpaired) electrons. The molecular formula is C47H80O3. The highest BCUT2D eigenvalue weighted by Crippen LogP contribution is 2.45. The van der Waals surface area contributed by atoms with Crippen LogP contribution in [0.5, 0.6) is 11.5 Å². The third kappa shape index (κ3) is 17.5. The van der Waals surface area contributed by atoms with Gasteiger partial charge in [0.15, 0.2) is 0 Å². The molecule has 0 amide bonds. The highest BCUT2D eigenvalue weighted by Gasteiger charge is 2.34. The second kappa shape index (κ2) is 25.0. The normalized spacial score (nSPS) is 17.4. The third-order valence-electron chi connectivity index (χ3n) is 11.4. The predicted octanol–water partition coefficient (Wildman–Crippen LogP) is 14.9. The average Bonchev–Trinajstić information content (AvgIpc) is 3.07. The second-order valence-electron chi connectivity index (χ2n) is 16.9. The van der Waals surface area contributed by atoms with E-state index in [-0.39, 0.29) is 11.6 Å². The van der Waals surface area contributed by atoms with E-state index in [0.29, 0.717) is 6.42 Å². The Kier molecular flexibility index (Phi) is 22.1. The Morgan fingerprint density at radius 1 is 0.720 bits per heavy atom. The number of allylic oxidation sites excluding steroid dienone is 4. The Morgan fingerprint density at radius 3 is 1.94 bits per heavy atom. The maximum atomic E-state index is 12.9. The van der Waals surface area contributed by atoms with Crippen LogP contribution in [0.4, 0.5) is 0 Å². The lowest BCUT2D eigenvalue weighted by Crippen LogP contribution is -2.37. The molecular weight excluding hydrogens is 613 g/mol. The molecule has 0 aliphatic carbocycles. The predicted molar refractivity (Wildman–Crippen MR) is 218 cm³/mol. The van der Waals surface area contributed by atoms with Gasteiger partial charge in [-0.15, -0.1) is 0 Å². The topological polar surface area (TPSA) is 35.5 Å². The van der Waals surface area contributed by atoms with Crippen molar-refractivity contribution in [2.45, 2.75) is 216 Å². The second-order valence-corrected chi connectivity index (χ2v) is 16.9. The van der Waals surface area contributed by atoms with Crippen molar-refractivity contribution in [3.8, 4) is 11.5 Å². The number of fused-ring (bicyclic) bond motifs is 1. The Balaban J connectivity index is 1.70. The van der Waals surface area contributed by atoms with E-state index >= 15 is 0 Å². The van der Waals surface area contributed by atoms with E-state index in [9.17, 15) is 4.79 Å². The number of hydrogen-bond donors (Lipinski definition) is 0. The Morgan fingerprint density at radius 2 is 1.30 bits per heavy atom. The summed E-state index contributed by atoms with van der Waals surface area (Å²) in [7, 11) is 0. The van der Waals surface area contributed by atoms with Crippen LogP contribution >= 0.6 is 0 Å². The fourth-order valence-electron chi connectivity index (χ4n) is 7.66. The van der Waals surface area contributed by atoms with Gasteiger partial charge in [0, 0.05) is 12.0 Å². The SMILES string of the molecule is CCCCC/C=C/C/C=C/CCCCCCCC(=O)Oc1c(C)c(C)c2c(c1C)CCC(C)(CCCC(C)CCCC(C)CCCC(C)C)O2. The number of ether oxygens (including phenoxy) is 2. The fraction of sp³-hybridized carbons (Fsp3) is 0.766. The molecule has 0 spiro atoms. The van der Waals surface area contributed by atoms with Crippen molar-refractivity contribution in [2.75, 3.05) is 0 Å². The summed E-state index contributed by atoms with van der Waals surface area (Å²) in [6.07, 6.45) is 36.6. The van der Waals surface area contributed by atoms with Gasteiger partial charge in [-0.25, -0.2) is 0 Å². The number of hydrogen-bond acceptors (Lipinski definition) is 3. The highest BCUT2D eigenvalue weighted by molar-refractivity contribution is 5.74. The molecule has 50 heavy (non-hydrogen) atoms. The van der Waals surface area contributed by atoms with Crippen molar-refractivity contribution < 1.29 is 14.3 Å². The van der Waals surface area contributed by atoms with E-state index in [4.69, 9.17) is 9.47 Å². The summed E-state index contributed by atoms with van der Waals surface area (Å²) in [6, 6.07) is 0. The van der Waals surface area contributed by atoms with Crippen molar-refractivity contribution in [3.05, 3.63) is 46.6 Å². The van der Waals surface area contributed by atoms with Crippen molar-refractivity contribution in [1.82, 2.24) is 0 Å². The summed E-state index contributed by atoms with van der Waals surface area (Å²) in [5.41, 5.74) is 4.38. The number of carbonyl (C=O) groups excluding carboxylic acids is 1. The molecule has 2 rings (SSSR count). The van der Waals surface area contributed by atoms with Crippen molar-refractivity contribution in [3.63, 3.8) is 0 Å². The molecule has 3 atom stereocenters. The van der Waals surface area contributed by atoms with Gasteiger partial charge in [0.25, 0.3) is 0 Å². The lowest BCUT2D eigenvalue weighted by atomic mass is 9.83. The van der Waals surface area contributed by atoms with Gasteiger partial charge >= 0.3 is 5.97 Å². The monoisotopic (exact) mass is 693 g/mol. The maximum Gasteiger partial charge on any atom is 0.311 e. The van der Waals surface area contributed by atoms with Crippen molar-refractivity contribution in [2.24, 2.45) is 17.8 Å². The average molecular weight is 693 g/mol. The summed E-state index contributed by atoms with van der Waals surface area (Å²) in [6.45, 7) is 20.5. The molecule has 0 bridgehead atoms. The first-order valence-corrected chi connectivity index (χ1v) is 21.3. The van der Waals surface area contributed by atoms with Gasteiger partial charge in [-0.1, -0.05) is 136 Å². The number of rotatable bonds is 27. The Labute approximate surface area is 310 Å². The van der Waals surface area contributed by atoms with Gasteiger partial charge in [0.2, 0.25) is 0 Å².